The number of alkyl carbamates (subject to hydrolysis) is 1. The van der Waals surface area contributed by atoms with Crippen molar-refractivity contribution in [1.29, 1.82) is 0 Å². The van der Waals surface area contributed by atoms with E-state index in [1.54, 1.807) is 69.4 Å². The lowest BCUT2D eigenvalue weighted by Gasteiger charge is -2.19. The smallest absolute Gasteiger partial charge is 0.407 e. The van der Waals surface area contributed by atoms with Crippen LogP contribution in [0.3, 0.4) is 0 Å². The first-order chi connectivity index (χ1) is 14.7. The van der Waals surface area contributed by atoms with Gasteiger partial charge in [-0.05, 0) is 68.8 Å². The molecule has 2 aromatic carbocycles. The van der Waals surface area contributed by atoms with Crippen LogP contribution in [0.4, 0.5) is 10.5 Å². The molecular formula is C24H24ClN3O3. The van der Waals surface area contributed by atoms with Crippen LogP contribution in [-0.2, 0) is 11.3 Å². The van der Waals surface area contributed by atoms with Crippen LogP contribution in [0.1, 0.15) is 36.7 Å². The summed E-state index contributed by atoms with van der Waals surface area (Å²) in [6, 6.07) is 17.8. The van der Waals surface area contributed by atoms with Gasteiger partial charge >= 0.3 is 6.09 Å². The molecule has 160 valence electrons. The zero-order valence-electron chi connectivity index (χ0n) is 17.6. The van der Waals surface area contributed by atoms with Crippen molar-refractivity contribution in [3.63, 3.8) is 0 Å². The first kappa shape index (κ1) is 22.3. The number of nitrogens with one attached hydrogen (secondary N) is 2. The molecule has 0 saturated heterocycles. The molecule has 3 rings (SSSR count). The summed E-state index contributed by atoms with van der Waals surface area (Å²) in [5.74, 6) is -0.249. The summed E-state index contributed by atoms with van der Waals surface area (Å²) in [4.78, 5) is 28.7. The van der Waals surface area contributed by atoms with E-state index in [9.17, 15) is 9.59 Å². The number of hydrogen-bond donors (Lipinski definition) is 2. The lowest BCUT2D eigenvalue weighted by molar-refractivity contribution is 0.0523. The number of ether oxygens (including phenoxy) is 1. The Morgan fingerprint density at radius 1 is 1.03 bits per heavy atom. The standard InChI is InChI=1S/C24H24ClN3O3/c1-24(2,3)31-23(30)27-15-16-7-9-17(10-8-16)22(29)28-18-11-12-20(25)19(14-18)21-6-4-5-13-26-21/h4-14H,15H2,1-3H3,(H,27,30)(H,28,29). The number of hydrogen-bond acceptors (Lipinski definition) is 4. The second-order valence-electron chi connectivity index (χ2n) is 7.92. The van der Waals surface area contributed by atoms with Gasteiger partial charge in [0.05, 0.1) is 10.7 Å². The quantitative estimate of drug-likeness (QED) is 0.538. The summed E-state index contributed by atoms with van der Waals surface area (Å²) in [5.41, 5.74) is 2.88. The van der Waals surface area contributed by atoms with E-state index in [-0.39, 0.29) is 5.91 Å². The number of pyridine rings is 1. The Bertz CT molecular complexity index is 1060. The summed E-state index contributed by atoms with van der Waals surface area (Å²) >= 11 is 6.30. The van der Waals surface area contributed by atoms with E-state index in [0.717, 1.165) is 16.8 Å². The first-order valence-corrected chi connectivity index (χ1v) is 10.2. The van der Waals surface area contributed by atoms with Crippen LogP contribution in [0.5, 0.6) is 0 Å². The average Bonchev–Trinajstić information content (AvgIpc) is 2.73. The average molecular weight is 438 g/mol. The maximum Gasteiger partial charge on any atom is 0.407 e. The highest BCUT2D eigenvalue weighted by molar-refractivity contribution is 6.33. The fourth-order valence-corrected chi connectivity index (χ4v) is 3.00. The topological polar surface area (TPSA) is 80.3 Å². The monoisotopic (exact) mass is 437 g/mol. The minimum Gasteiger partial charge on any atom is -0.444 e. The maximum atomic E-state index is 12.6. The van der Waals surface area contributed by atoms with Crippen molar-refractivity contribution >= 4 is 29.3 Å². The molecule has 6 nitrogen and oxygen atoms in total. The minimum absolute atomic E-state index is 0.249. The molecule has 3 aromatic rings. The fourth-order valence-electron chi connectivity index (χ4n) is 2.79. The number of amides is 2. The van der Waals surface area contributed by atoms with Gasteiger partial charge in [-0.3, -0.25) is 9.78 Å². The van der Waals surface area contributed by atoms with Crippen LogP contribution in [-0.4, -0.2) is 22.6 Å². The number of halogens is 1. The summed E-state index contributed by atoms with van der Waals surface area (Å²) in [5, 5.41) is 6.12. The highest BCUT2D eigenvalue weighted by Crippen LogP contribution is 2.29. The Kier molecular flexibility index (Phi) is 6.92. The molecule has 0 atom stereocenters. The molecule has 0 unspecified atom stereocenters. The second-order valence-corrected chi connectivity index (χ2v) is 8.32. The molecule has 0 radical (unpaired) electrons. The maximum absolute atomic E-state index is 12.6. The minimum atomic E-state index is -0.551. The van der Waals surface area contributed by atoms with Crippen LogP contribution in [0.25, 0.3) is 11.3 Å². The Morgan fingerprint density at radius 3 is 2.42 bits per heavy atom. The number of carbonyl (C=O) groups excluding carboxylic acids is 2. The Balaban J connectivity index is 1.63. The van der Waals surface area contributed by atoms with E-state index in [0.29, 0.717) is 22.8 Å². The van der Waals surface area contributed by atoms with Gasteiger partial charge in [-0.1, -0.05) is 29.8 Å². The molecule has 0 aliphatic heterocycles. The Hall–Kier alpha value is -3.38. The van der Waals surface area contributed by atoms with E-state index in [2.05, 4.69) is 15.6 Å². The molecule has 2 N–H and O–H groups in total. The van der Waals surface area contributed by atoms with E-state index in [1.807, 2.05) is 18.2 Å². The van der Waals surface area contributed by atoms with E-state index in [4.69, 9.17) is 16.3 Å². The molecule has 1 heterocycles. The van der Waals surface area contributed by atoms with E-state index < -0.39 is 11.7 Å². The molecule has 7 heteroatoms. The van der Waals surface area contributed by atoms with Gasteiger partial charge in [0.15, 0.2) is 0 Å². The van der Waals surface area contributed by atoms with Crippen LogP contribution >= 0.6 is 11.6 Å². The highest BCUT2D eigenvalue weighted by atomic mass is 35.5. The summed E-state index contributed by atoms with van der Waals surface area (Å²) in [6.45, 7) is 5.72. The number of benzene rings is 2. The SMILES string of the molecule is CC(C)(C)OC(=O)NCc1ccc(C(=O)Nc2ccc(Cl)c(-c3ccccn3)c2)cc1. The predicted octanol–water partition coefficient (Wildman–Crippen LogP) is 5.68. The molecule has 0 saturated carbocycles. The number of aromatic nitrogens is 1. The van der Waals surface area contributed by atoms with Crippen molar-refractivity contribution < 1.29 is 14.3 Å². The second kappa shape index (κ2) is 9.62. The fraction of sp³-hybridized carbons (Fsp3) is 0.208. The van der Waals surface area contributed by atoms with Crippen LogP contribution in [0.2, 0.25) is 5.02 Å². The largest absolute Gasteiger partial charge is 0.444 e. The highest BCUT2D eigenvalue weighted by Gasteiger charge is 2.16. The number of nitrogens with zero attached hydrogens (tertiary/aromatic N) is 1. The summed E-state index contributed by atoms with van der Waals surface area (Å²) in [6.07, 6.45) is 1.21. The molecule has 0 spiro atoms. The third kappa shape index (κ3) is 6.55. The van der Waals surface area contributed by atoms with Crippen molar-refractivity contribution in [2.24, 2.45) is 0 Å². The summed E-state index contributed by atoms with van der Waals surface area (Å²) in [7, 11) is 0. The Morgan fingerprint density at radius 2 is 1.77 bits per heavy atom. The van der Waals surface area contributed by atoms with E-state index >= 15 is 0 Å². The zero-order chi connectivity index (χ0) is 22.4. The lowest BCUT2D eigenvalue weighted by Crippen LogP contribution is -2.32. The van der Waals surface area contributed by atoms with Gasteiger partial charge in [0, 0.05) is 29.6 Å². The van der Waals surface area contributed by atoms with Crippen molar-refractivity contribution in [2.45, 2.75) is 32.9 Å². The molecule has 1 aromatic heterocycles. The van der Waals surface area contributed by atoms with Gasteiger partial charge in [0.2, 0.25) is 0 Å². The van der Waals surface area contributed by atoms with Gasteiger partial charge in [-0.15, -0.1) is 0 Å². The number of rotatable bonds is 5. The van der Waals surface area contributed by atoms with Crippen molar-refractivity contribution in [3.8, 4) is 11.3 Å². The van der Waals surface area contributed by atoms with Gasteiger partial charge in [0.1, 0.15) is 5.60 Å². The third-order valence-electron chi connectivity index (χ3n) is 4.22. The molecule has 0 aliphatic carbocycles. The van der Waals surface area contributed by atoms with Gasteiger partial charge in [-0.25, -0.2) is 4.79 Å². The van der Waals surface area contributed by atoms with Crippen molar-refractivity contribution in [1.82, 2.24) is 10.3 Å². The van der Waals surface area contributed by atoms with Crippen molar-refractivity contribution in [2.75, 3.05) is 5.32 Å². The molecule has 0 fully saturated rings. The number of carbonyl (C=O) groups is 2. The molecule has 2 amide bonds. The first-order valence-electron chi connectivity index (χ1n) is 9.79. The molecule has 0 aliphatic rings. The van der Waals surface area contributed by atoms with Crippen LogP contribution < -0.4 is 10.6 Å². The van der Waals surface area contributed by atoms with Gasteiger partial charge < -0.3 is 15.4 Å². The Labute approximate surface area is 186 Å². The van der Waals surface area contributed by atoms with Crippen LogP contribution in [0, 0.1) is 0 Å². The molecular weight excluding hydrogens is 414 g/mol. The lowest BCUT2D eigenvalue weighted by atomic mass is 10.1. The van der Waals surface area contributed by atoms with Crippen molar-refractivity contribution in [3.05, 3.63) is 83.0 Å². The normalized spacial score (nSPS) is 11.0. The predicted molar refractivity (Wildman–Crippen MR) is 122 cm³/mol. The van der Waals surface area contributed by atoms with Crippen LogP contribution in [0.15, 0.2) is 66.9 Å². The van der Waals surface area contributed by atoms with Gasteiger partial charge in [-0.2, -0.15) is 0 Å². The zero-order valence-corrected chi connectivity index (χ0v) is 18.4. The third-order valence-corrected chi connectivity index (χ3v) is 4.55. The molecule has 31 heavy (non-hydrogen) atoms. The molecule has 0 bridgehead atoms. The van der Waals surface area contributed by atoms with Gasteiger partial charge in [0.25, 0.3) is 5.91 Å². The summed E-state index contributed by atoms with van der Waals surface area (Å²) < 4.78 is 5.21. The van der Waals surface area contributed by atoms with E-state index in [1.165, 1.54) is 0 Å². The number of anilines is 1.